The molecule has 0 radical (unpaired) electrons. The van der Waals surface area contributed by atoms with Crippen LogP contribution in [0.15, 0.2) is 6.07 Å². The zero-order valence-electron chi connectivity index (χ0n) is 15.1. The van der Waals surface area contributed by atoms with Gasteiger partial charge in [-0.05, 0) is 51.3 Å². The van der Waals surface area contributed by atoms with Gasteiger partial charge in [-0.25, -0.2) is 4.79 Å². The van der Waals surface area contributed by atoms with Crippen LogP contribution in [-0.4, -0.2) is 16.6 Å². The van der Waals surface area contributed by atoms with Gasteiger partial charge < -0.3 is 9.84 Å². The van der Waals surface area contributed by atoms with Crippen molar-refractivity contribution < 1.29 is 19.2 Å². The van der Waals surface area contributed by atoms with E-state index < -0.39 is 5.60 Å². The molecule has 0 amide bonds. The number of phenolic OH excluding ortho intramolecular Hbond substituents is 1. The van der Waals surface area contributed by atoms with E-state index in [0.29, 0.717) is 12.2 Å². The number of fused-ring (bicyclic) bond motifs is 1. The number of aromatic hydroxyl groups is 1. The van der Waals surface area contributed by atoms with E-state index in [1.807, 2.05) is 41.5 Å². The Bertz CT molecular complexity index is 853. The standard InChI is InChI=1S/C19H23NO3S/c1-10-9-16(21)11(2)15-7-8-19(6,23-17(10)15)18(22)20-12(3)13(4)24-14(20)5/h9H,7-8H2,1-6H3/p+1. The summed E-state index contributed by atoms with van der Waals surface area (Å²) in [6, 6.07) is 1.71. The van der Waals surface area contributed by atoms with Crippen LogP contribution in [0.1, 0.15) is 50.4 Å². The molecule has 0 spiro atoms. The number of thiazole rings is 1. The fraction of sp³-hybridized carbons (Fsp3) is 0.474. The number of hydrogen-bond acceptors (Lipinski definition) is 4. The molecule has 4 nitrogen and oxygen atoms in total. The average molecular weight is 346 g/mol. The number of hydrogen-bond donors (Lipinski definition) is 1. The first-order valence-corrected chi connectivity index (χ1v) is 9.02. The molecule has 1 N–H and O–H groups in total. The molecular weight excluding hydrogens is 322 g/mol. The van der Waals surface area contributed by atoms with Gasteiger partial charge in [-0.2, -0.15) is 0 Å². The van der Waals surface area contributed by atoms with Crippen LogP contribution >= 0.6 is 11.3 Å². The summed E-state index contributed by atoms with van der Waals surface area (Å²) in [4.78, 5) is 14.4. The number of carbonyl (C=O) groups excluding carboxylic acids is 1. The van der Waals surface area contributed by atoms with E-state index in [-0.39, 0.29) is 5.91 Å². The van der Waals surface area contributed by atoms with Crippen LogP contribution in [-0.2, 0) is 6.42 Å². The lowest BCUT2D eigenvalue weighted by Gasteiger charge is -2.33. The number of nitrogens with zero attached hydrogens (tertiary/aromatic N) is 1. The molecule has 0 bridgehead atoms. The minimum atomic E-state index is -0.894. The van der Waals surface area contributed by atoms with E-state index in [1.54, 1.807) is 22.0 Å². The summed E-state index contributed by atoms with van der Waals surface area (Å²) in [5, 5.41) is 11.0. The molecule has 2 heterocycles. The SMILES string of the molecule is Cc1cc(O)c(C)c2c1OC(C)(C(=O)[n+]1c(C)sc(C)c1C)CC2. The molecule has 0 aliphatic carbocycles. The minimum absolute atomic E-state index is 0.0161. The second kappa shape index (κ2) is 5.59. The highest BCUT2D eigenvalue weighted by Gasteiger charge is 2.48. The Hall–Kier alpha value is -1.88. The molecule has 0 saturated carbocycles. The lowest BCUT2D eigenvalue weighted by molar-refractivity contribution is -0.588. The van der Waals surface area contributed by atoms with Crippen LogP contribution in [0.25, 0.3) is 0 Å². The van der Waals surface area contributed by atoms with Crippen LogP contribution in [0.2, 0.25) is 0 Å². The smallest absolute Gasteiger partial charge is 0.436 e. The highest BCUT2D eigenvalue weighted by Crippen LogP contribution is 2.41. The Morgan fingerprint density at radius 1 is 1.29 bits per heavy atom. The second-order valence-electron chi connectivity index (χ2n) is 6.88. The average Bonchev–Trinajstić information content (AvgIpc) is 2.77. The highest BCUT2D eigenvalue weighted by atomic mass is 32.1. The van der Waals surface area contributed by atoms with Crippen molar-refractivity contribution in [3.8, 4) is 11.5 Å². The molecule has 1 aromatic carbocycles. The first-order chi connectivity index (χ1) is 11.2. The molecule has 5 heteroatoms. The fourth-order valence-electron chi connectivity index (χ4n) is 3.44. The number of aromatic nitrogens is 1. The summed E-state index contributed by atoms with van der Waals surface area (Å²) in [6.45, 7) is 11.7. The first-order valence-electron chi connectivity index (χ1n) is 8.20. The molecule has 2 aromatic rings. The topological polar surface area (TPSA) is 50.4 Å². The van der Waals surface area contributed by atoms with Crippen molar-refractivity contribution in [1.29, 1.82) is 0 Å². The molecule has 1 atom stereocenters. The zero-order chi connectivity index (χ0) is 17.8. The first kappa shape index (κ1) is 17.0. The van der Waals surface area contributed by atoms with Crippen LogP contribution in [0.3, 0.4) is 0 Å². The third kappa shape index (κ3) is 2.42. The number of ether oxygens (including phenoxy) is 1. The van der Waals surface area contributed by atoms with Gasteiger partial charge in [0.1, 0.15) is 11.5 Å². The van der Waals surface area contributed by atoms with Crippen LogP contribution in [0, 0.1) is 34.6 Å². The molecule has 0 fully saturated rings. The van der Waals surface area contributed by atoms with Crippen molar-refractivity contribution in [1.82, 2.24) is 0 Å². The van der Waals surface area contributed by atoms with Gasteiger partial charge in [0, 0.05) is 25.8 Å². The third-order valence-electron chi connectivity index (χ3n) is 5.12. The van der Waals surface area contributed by atoms with Crippen molar-refractivity contribution in [3.63, 3.8) is 0 Å². The Kier molecular flexibility index (Phi) is 3.95. The van der Waals surface area contributed by atoms with Gasteiger partial charge in [0.05, 0.1) is 4.88 Å². The van der Waals surface area contributed by atoms with E-state index in [9.17, 15) is 9.90 Å². The summed E-state index contributed by atoms with van der Waals surface area (Å²) in [6.07, 6.45) is 1.32. The molecule has 1 aromatic heterocycles. The molecule has 1 aliphatic heterocycles. The van der Waals surface area contributed by atoms with Gasteiger partial charge in [-0.3, -0.25) is 0 Å². The summed E-state index contributed by atoms with van der Waals surface area (Å²) < 4.78 is 8.03. The van der Waals surface area contributed by atoms with Crippen molar-refractivity contribution in [3.05, 3.63) is 38.3 Å². The van der Waals surface area contributed by atoms with Crippen molar-refractivity contribution in [2.75, 3.05) is 0 Å². The second-order valence-corrected chi connectivity index (χ2v) is 8.29. The molecule has 24 heavy (non-hydrogen) atoms. The van der Waals surface area contributed by atoms with E-state index >= 15 is 0 Å². The summed E-state index contributed by atoms with van der Waals surface area (Å²) in [5.41, 5.74) is 2.81. The summed E-state index contributed by atoms with van der Waals surface area (Å²) >= 11 is 1.63. The maximum Gasteiger partial charge on any atom is 0.436 e. The number of rotatable bonds is 1. The normalized spacial score (nSPS) is 19.8. The van der Waals surface area contributed by atoms with Gasteiger partial charge in [-0.1, -0.05) is 11.3 Å². The molecule has 0 saturated heterocycles. The summed E-state index contributed by atoms with van der Waals surface area (Å²) in [7, 11) is 0. The fourth-order valence-corrected chi connectivity index (χ4v) is 4.44. The molecule has 3 rings (SSSR count). The van der Waals surface area contributed by atoms with E-state index in [4.69, 9.17) is 4.74 Å². The number of phenols is 1. The summed E-state index contributed by atoms with van der Waals surface area (Å²) in [5.74, 6) is 1.02. The minimum Gasteiger partial charge on any atom is -0.508 e. The third-order valence-corrected chi connectivity index (χ3v) is 6.20. The maximum absolute atomic E-state index is 13.2. The van der Waals surface area contributed by atoms with Crippen LogP contribution < -0.4 is 9.30 Å². The number of carbonyl (C=O) groups is 1. The van der Waals surface area contributed by atoms with Gasteiger partial charge >= 0.3 is 5.91 Å². The van der Waals surface area contributed by atoms with E-state index in [1.165, 1.54) is 0 Å². The Morgan fingerprint density at radius 3 is 2.54 bits per heavy atom. The zero-order valence-corrected chi connectivity index (χ0v) is 15.9. The van der Waals surface area contributed by atoms with E-state index in [2.05, 4.69) is 0 Å². The number of aryl methyl sites for hydroxylation is 3. The Labute approximate surface area is 146 Å². The Balaban J connectivity index is 2.05. The molecule has 1 aliphatic rings. The number of benzene rings is 1. The Morgan fingerprint density at radius 2 is 1.96 bits per heavy atom. The van der Waals surface area contributed by atoms with Crippen molar-refractivity contribution in [2.45, 2.75) is 60.0 Å². The monoisotopic (exact) mass is 346 g/mol. The predicted octanol–water partition coefficient (Wildman–Crippen LogP) is 3.71. The van der Waals surface area contributed by atoms with Gasteiger partial charge in [0.15, 0.2) is 0 Å². The van der Waals surface area contributed by atoms with Gasteiger partial charge in [0.2, 0.25) is 16.3 Å². The van der Waals surface area contributed by atoms with Crippen molar-refractivity contribution in [2.24, 2.45) is 0 Å². The lowest BCUT2D eigenvalue weighted by Crippen LogP contribution is -2.60. The largest absolute Gasteiger partial charge is 0.508 e. The van der Waals surface area contributed by atoms with Crippen LogP contribution in [0.4, 0.5) is 0 Å². The molecular formula is C19H24NO3S+. The van der Waals surface area contributed by atoms with Crippen molar-refractivity contribution >= 4 is 17.2 Å². The molecule has 128 valence electrons. The predicted molar refractivity (Wildman–Crippen MR) is 94.3 cm³/mol. The van der Waals surface area contributed by atoms with Gasteiger partial charge in [-0.15, -0.1) is 4.57 Å². The quantitative estimate of drug-likeness (QED) is 0.801. The highest BCUT2D eigenvalue weighted by molar-refractivity contribution is 7.11. The van der Waals surface area contributed by atoms with Crippen LogP contribution in [0.5, 0.6) is 11.5 Å². The maximum atomic E-state index is 13.2. The lowest BCUT2D eigenvalue weighted by atomic mass is 9.88. The van der Waals surface area contributed by atoms with Gasteiger partial charge in [0.25, 0.3) is 0 Å². The van der Waals surface area contributed by atoms with E-state index in [0.717, 1.165) is 44.4 Å². The molecule has 1 unspecified atom stereocenters.